The van der Waals surface area contributed by atoms with Crippen LogP contribution in [0.5, 0.6) is 5.75 Å². The number of benzene rings is 1. The van der Waals surface area contributed by atoms with Crippen LogP contribution in [0, 0.1) is 0 Å². The number of pyridine rings is 1. The molecule has 1 atom stereocenters. The molecule has 1 saturated heterocycles. The summed E-state index contributed by atoms with van der Waals surface area (Å²) in [7, 11) is 3.47. The third-order valence-corrected chi connectivity index (χ3v) is 3.96. The summed E-state index contributed by atoms with van der Waals surface area (Å²) in [5.74, 6) is 1.11. The Hall–Kier alpha value is -1.81. The summed E-state index contributed by atoms with van der Waals surface area (Å²) in [6.45, 7) is 1.89. The highest BCUT2D eigenvalue weighted by molar-refractivity contribution is 5.81. The molecule has 100 valence electrons. The third-order valence-electron chi connectivity index (χ3n) is 3.96. The van der Waals surface area contributed by atoms with Gasteiger partial charge in [0.15, 0.2) is 0 Å². The number of aromatic nitrogens is 1. The first-order valence-electron chi connectivity index (χ1n) is 6.59. The lowest BCUT2D eigenvalue weighted by molar-refractivity contribution is 0.415. The van der Waals surface area contributed by atoms with E-state index in [9.17, 15) is 4.79 Å². The van der Waals surface area contributed by atoms with E-state index in [2.05, 4.69) is 5.32 Å². The van der Waals surface area contributed by atoms with Gasteiger partial charge < -0.3 is 14.6 Å². The summed E-state index contributed by atoms with van der Waals surface area (Å²) in [5, 5.41) is 4.40. The Balaban J connectivity index is 2.21. The molecule has 1 unspecified atom stereocenters. The Morgan fingerprint density at radius 3 is 2.89 bits per heavy atom. The van der Waals surface area contributed by atoms with Gasteiger partial charge in [-0.15, -0.1) is 0 Å². The highest BCUT2D eigenvalue weighted by Gasteiger charge is 2.21. The molecule has 3 rings (SSSR count). The number of ether oxygens (including phenoxy) is 1. The molecular formula is C15H18N2O2. The highest BCUT2D eigenvalue weighted by Crippen LogP contribution is 2.25. The van der Waals surface area contributed by atoms with E-state index in [1.54, 1.807) is 11.7 Å². The van der Waals surface area contributed by atoms with Crippen molar-refractivity contribution in [3.63, 3.8) is 0 Å². The number of aryl methyl sites for hydroxylation is 1. The fourth-order valence-electron chi connectivity index (χ4n) is 2.81. The van der Waals surface area contributed by atoms with Crippen LogP contribution < -0.4 is 15.6 Å². The molecule has 0 amide bonds. The minimum Gasteiger partial charge on any atom is -0.497 e. The second kappa shape index (κ2) is 4.70. The van der Waals surface area contributed by atoms with Gasteiger partial charge in [-0.1, -0.05) is 0 Å². The maximum atomic E-state index is 12.5. The topological polar surface area (TPSA) is 43.3 Å². The Morgan fingerprint density at radius 1 is 1.37 bits per heavy atom. The Morgan fingerprint density at radius 2 is 2.21 bits per heavy atom. The van der Waals surface area contributed by atoms with Crippen molar-refractivity contribution in [1.29, 1.82) is 0 Å². The maximum absolute atomic E-state index is 12.5. The second-order valence-corrected chi connectivity index (χ2v) is 5.08. The van der Waals surface area contributed by atoms with Gasteiger partial charge in [0, 0.05) is 31.1 Å². The molecule has 0 saturated carbocycles. The molecule has 19 heavy (non-hydrogen) atoms. The van der Waals surface area contributed by atoms with Gasteiger partial charge in [-0.2, -0.15) is 0 Å². The molecule has 4 heteroatoms. The van der Waals surface area contributed by atoms with Crippen molar-refractivity contribution in [1.82, 2.24) is 9.88 Å². The maximum Gasteiger partial charge on any atom is 0.254 e. The summed E-state index contributed by atoms with van der Waals surface area (Å²) in [6, 6.07) is 7.89. The van der Waals surface area contributed by atoms with Crippen LogP contribution in [0.2, 0.25) is 0 Å². The normalized spacial score (nSPS) is 18.9. The molecule has 2 heterocycles. The van der Waals surface area contributed by atoms with Crippen LogP contribution in [0.25, 0.3) is 10.9 Å². The van der Waals surface area contributed by atoms with Crippen LogP contribution in [0.1, 0.15) is 17.9 Å². The Labute approximate surface area is 112 Å². The molecule has 1 N–H and O–H groups in total. The van der Waals surface area contributed by atoms with Gasteiger partial charge in [-0.25, -0.2) is 0 Å². The minimum absolute atomic E-state index is 0.106. The van der Waals surface area contributed by atoms with Crippen molar-refractivity contribution < 1.29 is 4.74 Å². The molecule has 0 bridgehead atoms. The highest BCUT2D eigenvalue weighted by atomic mass is 16.5. The molecule has 0 aliphatic carbocycles. The molecular weight excluding hydrogens is 240 g/mol. The van der Waals surface area contributed by atoms with Crippen LogP contribution in [0.3, 0.4) is 0 Å². The van der Waals surface area contributed by atoms with Gasteiger partial charge in [0.1, 0.15) is 5.75 Å². The minimum atomic E-state index is 0.106. The molecule has 4 nitrogen and oxygen atoms in total. The lowest BCUT2D eigenvalue weighted by Gasteiger charge is -2.13. The molecule has 1 aromatic heterocycles. The molecule has 2 aromatic rings. The molecule has 0 spiro atoms. The second-order valence-electron chi connectivity index (χ2n) is 5.08. The predicted octanol–water partition coefficient (Wildman–Crippen LogP) is 1.62. The van der Waals surface area contributed by atoms with Gasteiger partial charge in [0.2, 0.25) is 0 Å². The summed E-state index contributed by atoms with van der Waals surface area (Å²) in [4.78, 5) is 12.5. The average Bonchev–Trinajstić information content (AvgIpc) is 2.96. The van der Waals surface area contributed by atoms with E-state index in [1.165, 1.54) is 0 Å². The van der Waals surface area contributed by atoms with Gasteiger partial charge in [0.25, 0.3) is 5.56 Å². The first-order valence-corrected chi connectivity index (χ1v) is 6.59. The van der Waals surface area contributed by atoms with Gasteiger partial charge in [0.05, 0.1) is 12.6 Å². The molecule has 0 radical (unpaired) electrons. The number of nitrogens with zero attached hydrogens (tertiary/aromatic N) is 1. The van der Waals surface area contributed by atoms with E-state index in [-0.39, 0.29) is 5.56 Å². The van der Waals surface area contributed by atoms with Crippen LogP contribution in [0.15, 0.2) is 29.1 Å². The van der Waals surface area contributed by atoms with E-state index in [1.807, 2.05) is 31.3 Å². The lowest BCUT2D eigenvalue weighted by Crippen LogP contribution is -2.24. The summed E-state index contributed by atoms with van der Waals surface area (Å²) < 4.78 is 6.95. The van der Waals surface area contributed by atoms with Crippen molar-refractivity contribution in [3.8, 4) is 5.75 Å². The first-order chi connectivity index (χ1) is 9.20. The summed E-state index contributed by atoms with van der Waals surface area (Å²) >= 11 is 0. The van der Waals surface area contributed by atoms with E-state index in [0.717, 1.165) is 41.7 Å². The number of fused-ring (bicyclic) bond motifs is 1. The fourth-order valence-corrected chi connectivity index (χ4v) is 2.81. The van der Waals surface area contributed by atoms with Gasteiger partial charge in [-0.3, -0.25) is 4.79 Å². The number of methoxy groups -OCH3 is 1. The van der Waals surface area contributed by atoms with Crippen molar-refractivity contribution in [2.75, 3.05) is 20.2 Å². The van der Waals surface area contributed by atoms with Gasteiger partial charge >= 0.3 is 0 Å². The van der Waals surface area contributed by atoms with E-state index >= 15 is 0 Å². The SMILES string of the molecule is COc1ccc2cc(C3CCNC3)c(=O)n(C)c2c1. The summed E-state index contributed by atoms with van der Waals surface area (Å²) in [5.41, 5.74) is 1.94. The zero-order valence-electron chi connectivity index (χ0n) is 11.3. The standard InChI is InChI=1S/C15H18N2O2/c1-17-14-8-12(19-2)4-3-10(14)7-13(15(17)18)11-5-6-16-9-11/h3-4,7-8,11,16H,5-6,9H2,1-2H3. The van der Waals surface area contributed by atoms with E-state index in [0.29, 0.717) is 5.92 Å². The van der Waals surface area contributed by atoms with Crippen LogP contribution >= 0.6 is 0 Å². The monoisotopic (exact) mass is 258 g/mol. The number of nitrogens with one attached hydrogen (secondary N) is 1. The quantitative estimate of drug-likeness (QED) is 0.890. The number of hydrogen-bond acceptors (Lipinski definition) is 3. The first kappa shape index (κ1) is 12.2. The molecule has 1 fully saturated rings. The van der Waals surface area contributed by atoms with Crippen molar-refractivity contribution in [2.45, 2.75) is 12.3 Å². The van der Waals surface area contributed by atoms with Crippen LogP contribution in [0.4, 0.5) is 0 Å². The van der Waals surface area contributed by atoms with Crippen molar-refractivity contribution in [3.05, 3.63) is 40.2 Å². The van der Waals surface area contributed by atoms with Crippen molar-refractivity contribution >= 4 is 10.9 Å². The summed E-state index contributed by atoms with van der Waals surface area (Å²) in [6.07, 6.45) is 1.04. The average molecular weight is 258 g/mol. The van der Waals surface area contributed by atoms with Crippen molar-refractivity contribution in [2.24, 2.45) is 7.05 Å². The third kappa shape index (κ3) is 2.02. The Kier molecular flexibility index (Phi) is 3.03. The lowest BCUT2D eigenvalue weighted by atomic mass is 9.98. The van der Waals surface area contributed by atoms with Crippen LogP contribution in [-0.2, 0) is 7.05 Å². The molecule has 1 aliphatic rings. The van der Waals surface area contributed by atoms with Gasteiger partial charge in [-0.05, 0) is 36.6 Å². The predicted molar refractivity (Wildman–Crippen MR) is 76.0 cm³/mol. The van der Waals surface area contributed by atoms with E-state index in [4.69, 9.17) is 4.74 Å². The Bertz CT molecular complexity index is 670. The fraction of sp³-hybridized carbons (Fsp3) is 0.400. The zero-order chi connectivity index (χ0) is 13.4. The zero-order valence-corrected chi connectivity index (χ0v) is 11.3. The largest absolute Gasteiger partial charge is 0.497 e. The van der Waals surface area contributed by atoms with Crippen LogP contribution in [-0.4, -0.2) is 24.8 Å². The molecule has 1 aliphatic heterocycles. The number of hydrogen-bond donors (Lipinski definition) is 1. The smallest absolute Gasteiger partial charge is 0.254 e. The number of rotatable bonds is 2. The van der Waals surface area contributed by atoms with E-state index < -0.39 is 0 Å². The molecule has 1 aromatic carbocycles.